The molecule has 94 valence electrons. The summed E-state index contributed by atoms with van der Waals surface area (Å²) in [7, 11) is 0. The van der Waals surface area contributed by atoms with E-state index in [-0.39, 0.29) is 0 Å². The van der Waals surface area contributed by atoms with E-state index in [1.165, 1.54) is 27.8 Å². The minimum absolute atomic E-state index is 0.758. The van der Waals surface area contributed by atoms with Crippen molar-refractivity contribution in [2.75, 3.05) is 6.54 Å². The molecule has 0 heterocycles. The van der Waals surface area contributed by atoms with Crippen LogP contribution in [-0.2, 0) is 6.42 Å². The van der Waals surface area contributed by atoms with Crippen molar-refractivity contribution in [3.63, 3.8) is 0 Å². The molecule has 18 heavy (non-hydrogen) atoms. The summed E-state index contributed by atoms with van der Waals surface area (Å²) in [6.45, 7) is 5.07. The van der Waals surface area contributed by atoms with Crippen molar-refractivity contribution in [3.8, 4) is 11.1 Å². The topological polar surface area (TPSA) is 26.0 Å². The van der Waals surface area contributed by atoms with Gasteiger partial charge < -0.3 is 5.73 Å². The van der Waals surface area contributed by atoms with Crippen molar-refractivity contribution in [2.45, 2.75) is 26.7 Å². The van der Waals surface area contributed by atoms with E-state index in [1.54, 1.807) is 0 Å². The molecule has 0 amide bonds. The molecule has 0 spiro atoms. The van der Waals surface area contributed by atoms with E-state index in [1.807, 2.05) is 0 Å². The van der Waals surface area contributed by atoms with Gasteiger partial charge in [0.15, 0.2) is 0 Å². The van der Waals surface area contributed by atoms with Gasteiger partial charge in [0.2, 0.25) is 0 Å². The zero-order chi connectivity index (χ0) is 13.0. The summed E-state index contributed by atoms with van der Waals surface area (Å²) in [5.41, 5.74) is 12.2. The predicted octanol–water partition coefficient (Wildman–Crippen LogP) is 3.86. The fourth-order valence-electron chi connectivity index (χ4n) is 2.34. The maximum absolute atomic E-state index is 5.57. The smallest absolute Gasteiger partial charge is 0.00741 e. The molecule has 0 aliphatic rings. The van der Waals surface area contributed by atoms with Gasteiger partial charge in [0.05, 0.1) is 0 Å². The molecule has 2 rings (SSSR count). The molecular formula is C17H21N. The first-order valence-electron chi connectivity index (χ1n) is 6.57. The van der Waals surface area contributed by atoms with Gasteiger partial charge in [-0.3, -0.25) is 0 Å². The van der Waals surface area contributed by atoms with Crippen molar-refractivity contribution >= 4 is 0 Å². The maximum Gasteiger partial charge on any atom is -0.00741 e. The van der Waals surface area contributed by atoms with Crippen LogP contribution < -0.4 is 5.73 Å². The lowest BCUT2D eigenvalue weighted by atomic mass is 9.96. The number of aryl methyl sites for hydroxylation is 3. The fourth-order valence-corrected chi connectivity index (χ4v) is 2.34. The fraction of sp³-hybridized carbons (Fsp3) is 0.294. The Labute approximate surface area is 110 Å². The first-order chi connectivity index (χ1) is 8.70. The zero-order valence-corrected chi connectivity index (χ0v) is 11.2. The summed E-state index contributed by atoms with van der Waals surface area (Å²) in [6, 6.07) is 15.4. The predicted molar refractivity (Wildman–Crippen MR) is 78.7 cm³/mol. The van der Waals surface area contributed by atoms with Crippen LogP contribution in [0.3, 0.4) is 0 Å². The molecule has 2 aromatic rings. The van der Waals surface area contributed by atoms with Crippen molar-refractivity contribution in [2.24, 2.45) is 5.73 Å². The van der Waals surface area contributed by atoms with Crippen LogP contribution in [0.1, 0.15) is 23.1 Å². The van der Waals surface area contributed by atoms with Gasteiger partial charge in [0, 0.05) is 0 Å². The van der Waals surface area contributed by atoms with E-state index >= 15 is 0 Å². The molecular weight excluding hydrogens is 218 g/mol. The summed E-state index contributed by atoms with van der Waals surface area (Å²) in [4.78, 5) is 0. The number of rotatable bonds is 4. The maximum atomic E-state index is 5.57. The van der Waals surface area contributed by atoms with Crippen LogP contribution in [-0.4, -0.2) is 6.54 Å². The first kappa shape index (κ1) is 12.8. The molecule has 2 N–H and O–H groups in total. The Morgan fingerprint density at radius 3 is 2.56 bits per heavy atom. The molecule has 1 heteroatoms. The lowest BCUT2D eigenvalue weighted by molar-refractivity contribution is 0.833. The van der Waals surface area contributed by atoms with Gasteiger partial charge in [0.1, 0.15) is 0 Å². The van der Waals surface area contributed by atoms with E-state index in [4.69, 9.17) is 5.73 Å². The minimum Gasteiger partial charge on any atom is -0.330 e. The highest BCUT2D eigenvalue weighted by molar-refractivity contribution is 5.68. The van der Waals surface area contributed by atoms with Crippen molar-refractivity contribution in [1.82, 2.24) is 0 Å². The monoisotopic (exact) mass is 239 g/mol. The number of nitrogens with two attached hydrogens (primary N) is 1. The molecule has 0 saturated heterocycles. The Morgan fingerprint density at radius 2 is 1.83 bits per heavy atom. The van der Waals surface area contributed by atoms with Crippen LogP contribution in [0.25, 0.3) is 11.1 Å². The molecule has 0 atom stereocenters. The second-order valence-corrected chi connectivity index (χ2v) is 4.91. The number of hydrogen-bond acceptors (Lipinski definition) is 1. The minimum atomic E-state index is 0.758. The van der Waals surface area contributed by atoms with Crippen molar-refractivity contribution < 1.29 is 0 Å². The summed E-state index contributed by atoms with van der Waals surface area (Å²) in [6.07, 6.45) is 2.12. The van der Waals surface area contributed by atoms with Crippen LogP contribution in [0.15, 0.2) is 42.5 Å². The lowest BCUT2D eigenvalue weighted by Gasteiger charge is -2.09. The van der Waals surface area contributed by atoms with E-state index in [9.17, 15) is 0 Å². The Morgan fingerprint density at radius 1 is 1.00 bits per heavy atom. The van der Waals surface area contributed by atoms with Gasteiger partial charge in [0.25, 0.3) is 0 Å². The second-order valence-electron chi connectivity index (χ2n) is 4.91. The van der Waals surface area contributed by atoms with Gasteiger partial charge in [-0.2, -0.15) is 0 Å². The molecule has 0 radical (unpaired) electrons. The number of hydrogen-bond donors (Lipinski definition) is 1. The summed E-state index contributed by atoms with van der Waals surface area (Å²) in [5, 5.41) is 0. The van der Waals surface area contributed by atoms with Crippen molar-refractivity contribution in [1.29, 1.82) is 0 Å². The van der Waals surface area contributed by atoms with Crippen LogP contribution >= 0.6 is 0 Å². The molecule has 0 aliphatic carbocycles. The average molecular weight is 239 g/mol. The van der Waals surface area contributed by atoms with E-state index < -0.39 is 0 Å². The third kappa shape index (κ3) is 2.99. The van der Waals surface area contributed by atoms with Crippen LogP contribution in [0, 0.1) is 13.8 Å². The van der Waals surface area contributed by atoms with E-state index in [0.717, 1.165) is 19.4 Å². The summed E-state index contributed by atoms with van der Waals surface area (Å²) < 4.78 is 0. The quantitative estimate of drug-likeness (QED) is 0.861. The lowest BCUT2D eigenvalue weighted by Crippen LogP contribution is -2.00. The molecule has 2 aromatic carbocycles. The second kappa shape index (κ2) is 5.83. The summed E-state index contributed by atoms with van der Waals surface area (Å²) in [5.74, 6) is 0. The van der Waals surface area contributed by atoms with Gasteiger partial charge in [-0.25, -0.2) is 0 Å². The van der Waals surface area contributed by atoms with Crippen molar-refractivity contribution in [3.05, 3.63) is 59.2 Å². The highest BCUT2D eigenvalue weighted by Crippen LogP contribution is 2.25. The third-order valence-corrected chi connectivity index (χ3v) is 3.29. The Hall–Kier alpha value is -1.60. The normalized spacial score (nSPS) is 10.6. The highest BCUT2D eigenvalue weighted by atomic mass is 14.5. The van der Waals surface area contributed by atoms with Gasteiger partial charge in [-0.1, -0.05) is 48.0 Å². The first-order valence-corrected chi connectivity index (χ1v) is 6.57. The Kier molecular flexibility index (Phi) is 4.16. The molecule has 0 bridgehead atoms. The van der Waals surface area contributed by atoms with Gasteiger partial charge >= 0.3 is 0 Å². The Bertz CT molecular complexity index is 529. The standard InChI is InChI=1S/C17H21N/c1-13-8-9-17(14(2)11-13)16-7-3-5-15(12-16)6-4-10-18/h3,5,7-9,11-12H,4,6,10,18H2,1-2H3. The van der Waals surface area contributed by atoms with Crippen LogP contribution in [0.2, 0.25) is 0 Å². The molecule has 0 aromatic heterocycles. The molecule has 0 fully saturated rings. The zero-order valence-electron chi connectivity index (χ0n) is 11.2. The summed E-state index contributed by atoms with van der Waals surface area (Å²) >= 11 is 0. The van der Waals surface area contributed by atoms with Gasteiger partial charge in [-0.05, 0) is 55.5 Å². The molecule has 0 aliphatic heterocycles. The molecule has 0 saturated carbocycles. The SMILES string of the molecule is Cc1ccc(-c2cccc(CCCN)c2)c(C)c1. The highest BCUT2D eigenvalue weighted by Gasteiger charge is 2.03. The number of benzene rings is 2. The molecule has 0 unspecified atom stereocenters. The third-order valence-electron chi connectivity index (χ3n) is 3.29. The molecule has 1 nitrogen and oxygen atoms in total. The Balaban J connectivity index is 2.32. The largest absolute Gasteiger partial charge is 0.330 e. The van der Waals surface area contributed by atoms with Crippen LogP contribution in [0.5, 0.6) is 0 Å². The van der Waals surface area contributed by atoms with E-state index in [0.29, 0.717) is 0 Å². The van der Waals surface area contributed by atoms with Gasteiger partial charge in [-0.15, -0.1) is 0 Å². The van der Waals surface area contributed by atoms with E-state index in [2.05, 4.69) is 56.3 Å². The van der Waals surface area contributed by atoms with Crippen LogP contribution in [0.4, 0.5) is 0 Å². The average Bonchev–Trinajstić information content (AvgIpc) is 2.36.